The molecule has 6 nitrogen and oxygen atoms in total. The number of amides is 1. The number of nitrogens with one attached hydrogen (secondary N) is 1. The predicted octanol–water partition coefficient (Wildman–Crippen LogP) is 4.39. The molecule has 1 amide bonds. The van der Waals surface area contributed by atoms with Gasteiger partial charge in [-0.15, -0.1) is 0 Å². The molecule has 30 heavy (non-hydrogen) atoms. The zero-order valence-electron chi connectivity index (χ0n) is 17.3. The minimum absolute atomic E-state index is 0.285. The number of rotatable bonds is 4. The lowest BCUT2D eigenvalue weighted by Gasteiger charge is -2.30. The van der Waals surface area contributed by atoms with Gasteiger partial charge in [0.25, 0.3) is 0 Å². The van der Waals surface area contributed by atoms with Crippen molar-refractivity contribution in [2.75, 3.05) is 0 Å². The van der Waals surface area contributed by atoms with Crippen LogP contribution >= 0.6 is 0 Å². The lowest BCUT2D eigenvalue weighted by Crippen LogP contribution is -2.41. The highest BCUT2D eigenvalue weighted by Gasteiger charge is 2.49. The van der Waals surface area contributed by atoms with Crippen LogP contribution in [0, 0.1) is 11.8 Å². The van der Waals surface area contributed by atoms with Crippen molar-refractivity contribution in [3.8, 4) is 11.1 Å². The molecule has 3 aromatic rings. The number of carbonyl (C=O) groups is 1. The second kappa shape index (κ2) is 7.25. The first-order chi connectivity index (χ1) is 14.8. The Kier molecular flexibility index (Phi) is 4.39. The van der Waals surface area contributed by atoms with Gasteiger partial charge in [-0.05, 0) is 49.8 Å². The van der Waals surface area contributed by atoms with Crippen LogP contribution in [-0.4, -0.2) is 42.9 Å². The molecule has 3 aliphatic rings. The largest absolute Gasteiger partial charge is 0.336 e. The maximum Gasteiger partial charge on any atom is 0.226 e. The SMILES string of the molecule is O=C(C1CCCCC1)N1C2CCC1C(Cn1ncc3cc(-c4cn[nH]c4)ccc31)C2. The highest BCUT2D eigenvalue weighted by Crippen LogP contribution is 2.44. The van der Waals surface area contributed by atoms with Crippen LogP contribution in [0.1, 0.15) is 51.4 Å². The summed E-state index contributed by atoms with van der Waals surface area (Å²) in [7, 11) is 0. The molecule has 0 radical (unpaired) electrons. The van der Waals surface area contributed by atoms with E-state index in [9.17, 15) is 4.79 Å². The Balaban J connectivity index is 1.21. The maximum atomic E-state index is 13.3. The molecule has 2 aromatic heterocycles. The van der Waals surface area contributed by atoms with Gasteiger partial charge >= 0.3 is 0 Å². The first kappa shape index (κ1) is 18.2. The number of benzene rings is 1. The molecule has 6 rings (SSSR count). The minimum atomic E-state index is 0.285. The fourth-order valence-corrected chi connectivity index (χ4v) is 6.26. The smallest absolute Gasteiger partial charge is 0.226 e. The van der Waals surface area contributed by atoms with Gasteiger partial charge in [-0.3, -0.25) is 14.6 Å². The zero-order chi connectivity index (χ0) is 20.1. The monoisotopic (exact) mass is 403 g/mol. The Morgan fingerprint density at radius 2 is 1.97 bits per heavy atom. The van der Waals surface area contributed by atoms with E-state index < -0.39 is 0 Å². The topological polar surface area (TPSA) is 66.8 Å². The first-order valence-corrected chi connectivity index (χ1v) is 11.5. The third-order valence-electron chi connectivity index (χ3n) is 7.76. The molecule has 1 aromatic carbocycles. The zero-order valence-corrected chi connectivity index (χ0v) is 17.3. The second-order valence-electron chi connectivity index (χ2n) is 9.46. The van der Waals surface area contributed by atoms with Gasteiger partial charge in [-0.2, -0.15) is 10.2 Å². The van der Waals surface area contributed by atoms with Crippen molar-refractivity contribution in [3.63, 3.8) is 0 Å². The van der Waals surface area contributed by atoms with E-state index in [1.54, 1.807) is 0 Å². The second-order valence-corrected chi connectivity index (χ2v) is 9.46. The summed E-state index contributed by atoms with van der Waals surface area (Å²) in [6.45, 7) is 0.907. The fourth-order valence-electron chi connectivity index (χ4n) is 6.26. The lowest BCUT2D eigenvalue weighted by molar-refractivity contribution is -0.138. The highest BCUT2D eigenvalue weighted by molar-refractivity contribution is 5.84. The van der Waals surface area contributed by atoms with Gasteiger partial charge in [0, 0.05) is 47.6 Å². The normalized spacial score (nSPS) is 26.7. The lowest BCUT2D eigenvalue weighted by atomic mass is 9.88. The minimum Gasteiger partial charge on any atom is -0.336 e. The van der Waals surface area contributed by atoms with Crippen LogP contribution in [0.25, 0.3) is 22.0 Å². The first-order valence-electron chi connectivity index (χ1n) is 11.5. The number of aromatic amines is 1. The van der Waals surface area contributed by atoms with Gasteiger partial charge in [-0.1, -0.05) is 25.3 Å². The molecule has 3 fully saturated rings. The van der Waals surface area contributed by atoms with Crippen LogP contribution in [0.4, 0.5) is 0 Å². The van der Waals surface area contributed by atoms with Crippen LogP contribution in [0.3, 0.4) is 0 Å². The van der Waals surface area contributed by atoms with Crippen molar-refractivity contribution in [3.05, 3.63) is 36.8 Å². The Labute approximate surface area is 176 Å². The van der Waals surface area contributed by atoms with Gasteiger partial charge in [0.05, 0.1) is 17.9 Å². The van der Waals surface area contributed by atoms with Crippen molar-refractivity contribution in [1.82, 2.24) is 24.9 Å². The van der Waals surface area contributed by atoms with Crippen LogP contribution in [0.2, 0.25) is 0 Å². The summed E-state index contributed by atoms with van der Waals surface area (Å²) in [5, 5.41) is 12.8. The predicted molar refractivity (Wildman–Crippen MR) is 116 cm³/mol. The summed E-state index contributed by atoms with van der Waals surface area (Å²) in [5.74, 6) is 1.26. The molecule has 1 saturated carbocycles. The molecule has 1 N–H and O–H groups in total. The molecular weight excluding hydrogens is 374 g/mol. The van der Waals surface area contributed by atoms with E-state index >= 15 is 0 Å². The van der Waals surface area contributed by atoms with E-state index in [1.165, 1.54) is 31.2 Å². The van der Waals surface area contributed by atoms with E-state index in [0.717, 1.165) is 48.7 Å². The quantitative estimate of drug-likeness (QED) is 0.703. The third-order valence-corrected chi connectivity index (χ3v) is 7.76. The van der Waals surface area contributed by atoms with Gasteiger partial charge < -0.3 is 4.90 Å². The van der Waals surface area contributed by atoms with E-state index in [-0.39, 0.29) is 5.92 Å². The van der Waals surface area contributed by atoms with Crippen molar-refractivity contribution in [1.29, 1.82) is 0 Å². The van der Waals surface area contributed by atoms with E-state index in [0.29, 0.717) is 23.9 Å². The number of hydrogen-bond donors (Lipinski definition) is 1. The molecule has 1 aliphatic carbocycles. The molecule has 3 atom stereocenters. The Bertz CT molecular complexity index is 1050. The Morgan fingerprint density at radius 1 is 1.07 bits per heavy atom. The van der Waals surface area contributed by atoms with Crippen LogP contribution in [0.15, 0.2) is 36.8 Å². The van der Waals surface area contributed by atoms with Gasteiger partial charge in [0.1, 0.15) is 0 Å². The maximum absolute atomic E-state index is 13.3. The van der Waals surface area contributed by atoms with Crippen molar-refractivity contribution in [2.24, 2.45) is 11.8 Å². The molecular formula is C24H29N5O. The van der Waals surface area contributed by atoms with Crippen molar-refractivity contribution >= 4 is 16.8 Å². The molecule has 2 saturated heterocycles. The number of nitrogens with zero attached hydrogens (tertiary/aromatic N) is 4. The Hall–Kier alpha value is -2.63. The number of aromatic nitrogens is 4. The van der Waals surface area contributed by atoms with E-state index in [4.69, 9.17) is 5.10 Å². The molecule has 6 heteroatoms. The van der Waals surface area contributed by atoms with Gasteiger partial charge in [-0.25, -0.2) is 0 Å². The number of fused-ring (bicyclic) bond motifs is 3. The third kappa shape index (κ3) is 2.96. The average Bonchev–Trinajstić information content (AvgIpc) is 3.58. The van der Waals surface area contributed by atoms with Crippen LogP contribution in [0.5, 0.6) is 0 Å². The number of hydrogen-bond acceptors (Lipinski definition) is 3. The molecule has 156 valence electrons. The summed E-state index contributed by atoms with van der Waals surface area (Å²) in [5.41, 5.74) is 3.42. The Morgan fingerprint density at radius 3 is 2.80 bits per heavy atom. The summed E-state index contributed by atoms with van der Waals surface area (Å²) in [4.78, 5) is 15.6. The van der Waals surface area contributed by atoms with Gasteiger partial charge in [0.15, 0.2) is 0 Å². The van der Waals surface area contributed by atoms with Crippen molar-refractivity contribution in [2.45, 2.75) is 70.0 Å². The molecule has 2 aliphatic heterocycles. The molecule has 4 heterocycles. The summed E-state index contributed by atoms with van der Waals surface area (Å²) >= 11 is 0. The standard InChI is InChI=1S/C24H29N5O/c30-24(16-4-2-1-3-5-16)29-21-7-9-23(29)19(11-21)15-28-22-8-6-17(10-18(22)14-27-28)20-12-25-26-13-20/h6,8,10,12-14,16,19,21,23H,1-5,7,9,11,15H2,(H,25,26). The highest BCUT2D eigenvalue weighted by atomic mass is 16.2. The van der Waals surface area contributed by atoms with Gasteiger partial charge in [0.2, 0.25) is 5.91 Å². The summed E-state index contributed by atoms with van der Waals surface area (Å²) in [6, 6.07) is 7.37. The molecule has 0 spiro atoms. The van der Waals surface area contributed by atoms with Crippen LogP contribution in [-0.2, 0) is 11.3 Å². The number of H-pyrrole nitrogens is 1. The van der Waals surface area contributed by atoms with E-state index in [2.05, 4.69) is 38.0 Å². The number of carbonyl (C=O) groups excluding carboxylic acids is 1. The van der Waals surface area contributed by atoms with Crippen molar-refractivity contribution < 1.29 is 4.79 Å². The summed E-state index contributed by atoms with van der Waals surface area (Å²) in [6.07, 6.45) is 15.2. The fraction of sp³-hybridized carbons (Fsp3) is 0.542. The molecule has 2 bridgehead atoms. The summed E-state index contributed by atoms with van der Waals surface area (Å²) < 4.78 is 2.16. The van der Waals surface area contributed by atoms with E-state index in [1.807, 2.05) is 18.6 Å². The molecule has 3 unspecified atom stereocenters. The average molecular weight is 404 g/mol. The van der Waals surface area contributed by atoms with Crippen LogP contribution < -0.4 is 0 Å².